The number of carbonyl (C=O) groups is 1. The van der Waals surface area contributed by atoms with E-state index in [1.807, 2.05) is 31.2 Å². The fourth-order valence-electron chi connectivity index (χ4n) is 1.34. The SMILES string of the molecule is C/C=C\c1cc(CC)ccc1NC=O. The second kappa shape index (κ2) is 5.22. The summed E-state index contributed by atoms with van der Waals surface area (Å²) < 4.78 is 0. The van der Waals surface area contributed by atoms with Crippen molar-refractivity contribution >= 4 is 18.2 Å². The van der Waals surface area contributed by atoms with E-state index in [-0.39, 0.29) is 0 Å². The Balaban J connectivity index is 3.09. The Kier molecular flexibility index (Phi) is 3.92. The molecule has 14 heavy (non-hydrogen) atoms. The van der Waals surface area contributed by atoms with Gasteiger partial charge >= 0.3 is 0 Å². The molecule has 0 aromatic heterocycles. The summed E-state index contributed by atoms with van der Waals surface area (Å²) in [7, 11) is 0. The third-order valence-electron chi connectivity index (χ3n) is 2.08. The number of anilines is 1. The summed E-state index contributed by atoms with van der Waals surface area (Å²) in [5, 5.41) is 2.68. The minimum absolute atomic E-state index is 0.702. The van der Waals surface area contributed by atoms with Crippen molar-refractivity contribution in [2.75, 3.05) is 5.32 Å². The smallest absolute Gasteiger partial charge is 0.211 e. The lowest BCUT2D eigenvalue weighted by atomic mass is 10.1. The molecule has 1 aromatic rings. The van der Waals surface area contributed by atoms with Crippen LogP contribution in [0.3, 0.4) is 0 Å². The average molecular weight is 189 g/mol. The zero-order valence-corrected chi connectivity index (χ0v) is 8.58. The second-order valence-electron chi connectivity index (χ2n) is 3.04. The van der Waals surface area contributed by atoms with Gasteiger partial charge in [-0.1, -0.05) is 25.1 Å². The number of benzene rings is 1. The first kappa shape index (κ1) is 10.5. The van der Waals surface area contributed by atoms with Crippen molar-refractivity contribution in [1.82, 2.24) is 0 Å². The molecule has 0 radical (unpaired) electrons. The maximum Gasteiger partial charge on any atom is 0.211 e. The van der Waals surface area contributed by atoms with Crippen LogP contribution in [0.1, 0.15) is 25.0 Å². The maximum absolute atomic E-state index is 10.4. The second-order valence-corrected chi connectivity index (χ2v) is 3.04. The van der Waals surface area contributed by atoms with E-state index in [9.17, 15) is 4.79 Å². The van der Waals surface area contributed by atoms with Crippen LogP contribution in [-0.2, 0) is 11.2 Å². The zero-order chi connectivity index (χ0) is 10.4. The van der Waals surface area contributed by atoms with Gasteiger partial charge in [0, 0.05) is 5.69 Å². The number of hydrogen-bond acceptors (Lipinski definition) is 1. The quantitative estimate of drug-likeness (QED) is 0.725. The van der Waals surface area contributed by atoms with Gasteiger partial charge in [-0.15, -0.1) is 0 Å². The molecule has 0 aliphatic heterocycles. The number of allylic oxidation sites excluding steroid dienone is 1. The number of rotatable bonds is 4. The fourth-order valence-corrected chi connectivity index (χ4v) is 1.34. The van der Waals surface area contributed by atoms with E-state index >= 15 is 0 Å². The van der Waals surface area contributed by atoms with Gasteiger partial charge in [0.1, 0.15) is 0 Å². The topological polar surface area (TPSA) is 29.1 Å². The summed E-state index contributed by atoms with van der Waals surface area (Å²) in [6.45, 7) is 4.07. The molecule has 2 nitrogen and oxygen atoms in total. The van der Waals surface area contributed by atoms with Crippen molar-refractivity contribution in [1.29, 1.82) is 0 Å². The monoisotopic (exact) mass is 189 g/mol. The van der Waals surface area contributed by atoms with Crippen molar-refractivity contribution in [3.8, 4) is 0 Å². The summed E-state index contributed by atoms with van der Waals surface area (Å²) in [5.74, 6) is 0. The van der Waals surface area contributed by atoms with Gasteiger partial charge in [0.25, 0.3) is 0 Å². The predicted molar refractivity (Wildman–Crippen MR) is 60.2 cm³/mol. The van der Waals surface area contributed by atoms with Crippen LogP contribution >= 0.6 is 0 Å². The Labute approximate surface area is 84.6 Å². The molecule has 0 saturated heterocycles. The molecule has 1 amide bonds. The minimum Gasteiger partial charge on any atom is -0.328 e. The molecule has 0 fully saturated rings. The molecule has 1 N–H and O–H groups in total. The van der Waals surface area contributed by atoms with Crippen LogP contribution < -0.4 is 5.32 Å². The highest BCUT2D eigenvalue weighted by molar-refractivity contribution is 5.78. The van der Waals surface area contributed by atoms with Crippen LogP contribution in [-0.4, -0.2) is 6.41 Å². The van der Waals surface area contributed by atoms with Crippen molar-refractivity contribution in [3.05, 3.63) is 35.4 Å². The highest BCUT2D eigenvalue weighted by Crippen LogP contribution is 2.18. The van der Waals surface area contributed by atoms with Gasteiger partial charge in [-0.2, -0.15) is 0 Å². The highest BCUT2D eigenvalue weighted by atomic mass is 16.1. The molecule has 0 aliphatic carbocycles. The van der Waals surface area contributed by atoms with Crippen LogP contribution in [0.5, 0.6) is 0 Å². The third kappa shape index (κ3) is 2.46. The molecular weight excluding hydrogens is 174 g/mol. The zero-order valence-electron chi connectivity index (χ0n) is 8.58. The first-order valence-electron chi connectivity index (χ1n) is 4.77. The number of hydrogen-bond donors (Lipinski definition) is 1. The molecular formula is C12H15NO. The molecule has 1 rings (SSSR count). The summed E-state index contributed by atoms with van der Waals surface area (Å²) >= 11 is 0. The molecule has 74 valence electrons. The molecule has 2 heteroatoms. The first-order valence-corrected chi connectivity index (χ1v) is 4.77. The number of amides is 1. The molecule has 0 atom stereocenters. The van der Waals surface area contributed by atoms with Gasteiger partial charge < -0.3 is 5.32 Å². The van der Waals surface area contributed by atoms with Crippen LogP contribution in [0.4, 0.5) is 5.69 Å². The Bertz CT molecular complexity index is 342. The standard InChI is InChI=1S/C12H15NO/c1-3-5-11-8-10(4-2)6-7-12(11)13-9-14/h3,5-9H,4H2,1-2H3,(H,13,14)/b5-3-. The summed E-state index contributed by atoms with van der Waals surface area (Å²) in [4.78, 5) is 10.4. The highest BCUT2D eigenvalue weighted by Gasteiger charge is 1.99. The van der Waals surface area contributed by atoms with E-state index in [0.717, 1.165) is 17.7 Å². The van der Waals surface area contributed by atoms with Crippen LogP contribution in [0.2, 0.25) is 0 Å². The summed E-state index contributed by atoms with van der Waals surface area (Å²) in [6, 6.07) is 6.05. The number of carbonyl (C=O) groups excluding carboxylic acids is 1. The normalized spacial score (nSPS) is 10.4. The average Bonchev–Trinajstić information content (AvgIpc) is 2.21. The molecule has 0 bridgehead atoms. The van der Waals surface area contributed by atoms with E-state index < -0.39 is 0 Å². The van der Waals surface area contributed by atoms with E-state index in [4.69, 9.17) is 0 Å². The van der Waals surface area contributed by atoms with E-state index in [1.165, 1.54) is 5.56 Å². The lowest BCUT2D eigenvalue weighted by Gasteiger charge is -2.06. The van der Waals surface area contributed by atoms with Crippen molar-refractivity contribution in [2.24, 2.45) is 0 Å². The van der Waals surface area contributed by atoms with Gasteiger partial charge in [0.05, 0.1) is 0 Å². The van der Waals surface area contributed by atoms with Crippen molar-refractivity contribution in [2.45, 2.75) is 20.3 Å². The fraction of sp³-hybridized carbons (Fsp3) is 0.250. The van der Waals surface area contributed by atoms with Gasteiger partial charge in [-0.3, -0.25) is 4.79 Å². The predicted octanol–water partition coefficient (Wildman–Crippen LogP) is 2.85. The van der Waals surface area contributed by atoms with E-state index in [2.05, 4.69) is 18.3 Å². The summed E-state index contributed by atoms with van der Waals surface area (Å²) in [6.07, 6.45) is 5.66. The van der Waals surface area contributed by atoms with Crippen LogP contribution in [0, 0.1) is 0 Å². The number of nitrogens with one attached hydrogen (secondary N) is 1. The molecule has 0 aliphatic rings. The van der Waals surface area contributed by atoms with Crippen molar-refractivity contribution < 1.29 is 4.79 Å². The Morgan fingerprint density at radius 1 is 1.43 bits per heavy atom. The van der Waals surface area contributed by atoms with Crippen molar-refractivity contribution in [3.63, 3.8) is 0 Å². The first-order chi connectivity index (χ1) is 6.81. The van der Waals surface area contributed by atoms with Gasteiger partial charge in [-0.25, -0.2) is 0 Å². The Hall–Kier alpha value is -1.57. The van der Waals surface area contributed by atoms with Crippen LogP contribution in [0.25, 0.3) is 6.08 Å². The molecule has 0 unspecified atom stereocenters. The maximum atomic E-state index is 10.4. The minimum atomic E-state index is 0.702. The molecule has 0 saturated carbocycles. The molecule has 0 spiro atoms. The van der Waals surface area contributed by atoms with Crippen LogP contribution in [0.15, 0.2) is 24.3 Å². The largest absolute Gasteiger partial charge is 0.328 e. The van der Waals surface area contributed by atoms with E-state index in [0.29, 0.717) is 6.41 Å². The Morgan fingerprint density at radius 3 is 2.79 bits per heavy atom. The van der Waals surface area contributed by atoms with Gasteiger partial charge in [0.2, 0.25) is 6.41 Å². The Morgan fingerprint density at radius 2 is 2.21 bits per heavy atom. The van der Waals surface area contributed by atoms with E-state index in [1.54, 1.807) is 0 Å². The van der Waals surface area contributed by atoms with Gasteiger partial charge in [-0.05, 0) is 36.6 Å². The van der Waals surface area contributed by atoms with Gasteiger partial charge in [0.15, 0.2) is 0 Å². The summed E-state index contributed by atoms with van der Waals surface area (Å²) in [5.41, 5.74) is 3.18. The molecule has 0 heterocycles. The number of aryl methyl sites for hydroxylation is 1. The third-order valence-corrected chi connectivity index (χ3v) is 2.08. The lowest BCUT2D eigenvalue weighted by molar-refractivity contribution is -0.105. The molecule has 1 aromatic carbocycles. The lowest BCUT2D eigenvalue weighted by Crippen LogP contribution is -1.97.